The monoisotopic (exact) mass is 495 g/mol. The lowest BCUT2D eigenvalue weighted by Crippen LogP contribution is -2.44. The molecule has 0 spiro atoms. The first-order valence-corrected chi connectivity index (χ1v) is 12.1. The molecule has 1 amide bonds. The van der Waals surface area contributed by atoms with Crippen LogP contribution in [0, 0.1) is 11.3 Å². The summed E-state index contributed by atoms with van der Waals surface area (Å²) in [5, 5.41) is 12.5. The van der Waals surface area contributed by atoms with Crippen molar-refractivity contribution in [1.82, 2.24) is 10.2 Å². The minimum absolute atomic E-state index is 0.00953. The molecule has 0 aliphatic carbocycles. The summed E-state index contributed by atoms with van der Waals surface area (Å²) in [6, 6.07) is 22.2. The van der Waals surface area contributed by atoms with E-state index in [0.717, 1.165) is 28.7 Å². The Kier molecular flexibility index (Phi) is 7.79. The highest BCUT2D eigenvalue weighted by atomic mass is 32.2. The second-order valence-corrected chi connectivity index (χ2v) is 9.51. The van der Waals surface area contributed by atoms with Crippen LogP contribution in [0.2, 0.25) is 0 Å². The molecule has 0 atom stereocenters. The van der Waals surface area contributed by atoms with Crippen molar-refractivity contribution < 1.29 is 18.0 Å². The van der Waals surface area contributed by atoms with Gasteiger partial charge in [-0.05, 0) is 48.7 Å². The number of benzene rings is 3. The molecule has 1 N–H and O–H groups in total. The van der Waals surface area contributed by atoms with Crippen LogP contribution in [-0.4, -0.2) is 29.9 Å². The number of hydrogen-bond donors (Lipinski definition) is 1. The van der Waals surface area contributed by atoms with Crippen LogP contribution in [-0.2, 0) is 12.7 Å². The van der Waals surface area contributed by atoms with E-state index in [9.17, 15) is 23.2 Å². The molecule has 1 aliphatic heterocycles. The Morgan fingerprint density at radius 2 is 1.69 bits per heavy atom. The fraction of sp³-hybridized carbons (Fsp3) is 0.259. The summed E-state index contributed by atoms with van der Waals surface area (Å²) in [5.74, 6) is -0.168. The molecule has 1 fully saturated rings. The van der Waals surface area contributed by atoms with E-state index in [1.165, 1.54) is 23.9 Å². The molecule has 4 rings (SSSR count). The summed E-state index contributed by atoms with van der Waals surface area (Å²) < 4.78 is 38.9. The van der Waals surface area contributed by atoms with E-state index in [1.54, 1.807) is 24.3 Å². The standard InChI is InChI=1S/C27H24F3N3OS/c28-27(29,30)21-8-5-6-19(16-21)18-33-14-12-22(13-15-33)32-26(34)23-9-2-4-11-25(23)35-24-10-3-1-7-20(24)17-31/h1-11,16,22H,12-15,18H2,(H,32,34). The van der Waals surface area contributed by atoms with E-state index in [0.29, 0.717) is 36.3 Å². The summed E-state index contributed by atoms with van der Waals surface area (Å²) in [4.78, 5) is 16.7. The van der Waals surface area contributed by atoms with Crippen molar-refractivity contribution in [2.24, 2.45) is 0 Å². The van der Waals surface area contributed by atoms with Crippen LogP contribution in [0.3, 0.4) is 0 Å². The normalized spacial score (nSPS) is 14.9. The largest absolute Gasteiger partial charge is 0.416 e. The molecule has 0 radical (unpaired) electrons. The zero-order valence-electron chi connectivity index (χ0n) is 18.9. The highest BCUT2D eigenvalue weighted by molar-refractivity contribution is 7.99. The number of rotatable bonds is 6. The van der Waals surface area contributed by atoms with Gasteiger partial charge in [-0.25, -0.2) is 0 Å². The van der Waals surface area contributed by atoms with Gasteiger partial charge in [-0.15, -0.1) is 0 Å². The average molecular weight is 496 g/mol. The van der Waals surface area contributed by atoms with Crippen LogP contribution >= 0.6 is 11.8 Å². The van der Waals surface area contributed by atoms with Gasteiger partial charge in [0.15, 0.2) is 0 Å². The first-order chi connectivity index (χ1) is 16.8. The highest BCUT2D eigenvalue weighted by Crippen LogP contribution is 2.33. The van der Waals surface area contributed by atoms with Gasteiger partial charge >= 0.3 is 6.18 Å². The number of nitriles is 1. The third kappa shape index (κ3) is 6.44. The van der Waals surface area contributed by atoms with Crippen LogP contribution in [0.1, 0.15) is 39.9 Å². The molecule has 0 bridgehead atoms. The predicted octanol–water partition coefficient (Wildman–Crippen LogP) is 6.12. The summed E-state index contributed by atoms with van der Waals surface area (Å²) >= 11 is 1.39. The smallest absolute Gasteiger partial charge is 0.349 e. The highest BCUT2D eigenvalue weighted by Gasteiger charge is 2.30. The van der Waals surface area contributed by atoms with Crippen molar-refractivity contribution in [2.75, 3.05) is 13.1 Å². The Labute approximate surface area is 206 Å². The molecule has 0 unspecified atom stereocenters. The number of carbonyl (C=O) groups excluding carboxylic acids is 1. The lowest BCUT2D eigenvalue weighted by Gasteiger charge is -2.32. The van der Waals surface area contributed by atoms with E-state index < -0.39 is 11.7 Å². The summed E-state index contributed by atoms with van der Waals surface area (Å²) in [6.45, 7) is 1.82. The Morgan fingerprint density at radius 3 is 2.40 bits per heavy atom. The zero-order chi connectivity index (χ0) is 24.8. The van der Waals surface area contributed by atoms with Crippen LogP contribution < -0.4 is 5.32 Å². The van der Waals surface area contributed by atoms with Crippen LogP contribution in [0.15, 0.2) is 82.6 Å². The Bertz CT molecular complexity index is 1230. The van der Waals surface area contributed by atoms with Gasteiger partial charge in [0.1, 0.15) is 6.07 Å². The van der Waals surface area contributed by atoms with E-state index >= 15 is 0 Å². The third-order valence-electron chi connectivity index (χ3n) is 5.94. The summed E-state index contributed by atoms with van der Waals surface area (Å²) in [6.07, 6.45) is -2.91. The number of hydrogen-bond acceptors (Lipinski definition) is 4. The zero-order valence-corrected chi connectivity index (χ0v) is 19.7. The van der Waals surface area contributed by atoms with Crippen molar-refractivity contribution >= 4 is 17.7 Å². The summed E-state index contributed by atoms with van der Waals surface area (Å²) in [5.41, 5.74) is 1.11. The van der Waals surface area contributed by atoms with Crippen molar-refractivity contribution in [3.05, 3.63) is 95.1 Å². The minimum Gasteiger partial charge on any atom is -0.349 e. The molecule has 1 aliphatic rings. The number of amides is 1. The van der Waals surface area contributed by atoms with E-state index in [1.807, 2.05) is 30.3 Å². The van der Waals surface area contributed by atoms with Crippen LogP contribution in [0.5, 0.6) is 0 Å². The first kappa shape index (κ1) is 24.8. The van der Waals surface area contributed by atoms with Gasteiger partial charge < -0.3 is 5.32 Å². The molecule has 35 heavy (non-hydrogen) atoms. The molecule has 8 heteroatoms. The molecule has 1 heterocycles. The van der Waals surface area contributed by atoms with Gasteiger partial charge in [0.05, 0.1) is 16.7 Å². The van der Waals surface area contributed by atoms with Gasteiger partial charge in [0.2, 0.25) is 0 Å². The molecular formula is C27H24F3N3OS. The third-order valence-corrected chi connectivity index (χ3v) is 7.09. The Morgan fingerprint density at radius 1 is 1.00 bits per heavy atom. The fourth-order valence-electron chi connectivity index (χ4n) is 4.11. The van der Waals surface area contributed by atoms with E-state index in [2.05, 4.69) is 16.3 Å². The molecule has 0 aromatic heterocycles. The van der Waals surface area contributed by atoms with Crippen molar-refractivity contribution in [3.63, 3.8) is 0 Å². The Hall–Kier alpha value is -3.28. The van der Waals surface area contributed by atoms with Crippen molar-refractivity contribution in [3.8, 4) is 6.07 Å². The second-order valence-electron chi connectivity index (χ2n) is 8.43. The molecule has 3 aromatic rings. The first-order valence-electron chi connectivity index (χ1n) is 11.3. The number of nitrogens with zero attached hydrogens (tertiary/aromatic N) is 2. The Balaban J connectivity index is 1.35. The molecule has 0 saturated carbocycles. The number of piperidine rings is 1. The quantitative estimate of drug-likeness (QED) is 0.448. The van der Waals surface area contributed by atoms with Crippen LogP contribution in [0.4, 0.5) is 13.2 Å². The van der Waals surface area contributed by atoms with Gasteiger partial charge in [0, 0.05) is 35.5 Å². The topological polar surface area (TPSA) is 56.1 Å². The number of nitrogens with one attached hydrogen (secondary N) is 1. The number of carbonyl (C=O) groups is 1. The lowest BCUT2D eigenvalue weighted by atomic mass is 10.0. The molecular weight excluding hydrogens is 471 g/mol. The predicted molar refractivity (Wildman–Crippen MR) is 129 cm³/mol. The molecule has 3 aromatic carbocycles. The van der Waals surface area contributed by atoms with Gasteiger partial charge in [-0.2, -0.15) is 18.4 Å². The lowest BCUT2D eigenvalue weighted by molar-refractivity contribution is -0.137. The van der Waals surface area contributed by atoms with Gasteiger partial charge in [0.25, 0.3) is 5.91 Å². The molecule has 4 nitrogen and oxygen atoms in total. The minimum atomic E-state index is -4.35. The number of likely N-dealkylation sites (tertiary alicyclic amines) is 1. The maximum atomic E-state index is 13.1. The fourth-order valence-corrected chi connectivity index (χ4v) is 5.14. The number of halogens is 3. The molecule has 1 saturated heterocycles. The van der Waals surface area contributed by atoms with Crippen LogP contribution in [0.25, 0.3) is 0 Å². The van der Waals surface area contributed by atoms with Crippen molar-refractivity contribution in [2.45, 2.75) is 41.4 Å². The average Bonchev–Trinajstić information content (AvgIpc) is 2.85. The molecule has 180 valence electrons. The van der Waals surface area contributed by atoms with Gasteiger partial charge in [-0.1, -0.05) is 54.2 Å². The number of alkyl halides is 3. The SMILES string of the molecule is N#Cc1ccccc1Sc1ccccc1C(=O)NC1CCN(Cc2cccc(C(F)(F)F)c2)CC1. The van der Waals surface area contributed by atoms with Gasteiger partial charge in [-0.3, -0.25) is 9.69 Å². The maximum absolute atomic E-state index is 13.1. The second kappa shape index (κ2) is 11.0. The van der Waals surface area contributed by atoms with E-state index in [4.69, 9.17) is 0 Å². The summed E-state index contributed by atoms with van der Waals surface area (Å²) in [7, 11) is 0. The van der Waals surface area contributed by atoms with E-state index in [-0.39, 0.29) is 11.9 Å². The maximum Gasteiger partial charge on any atom is 0.416 e. The van der Waals surface area contributed by atoms with Crippen molar-refractivity contribution in [1.29, 1.82) is 5.26 Å².